The van der Waals surface area contributed by atoms with Gasteiger partial charge >= 0.3 is 0 Å². The molecule has 0 spiro atoms. The molecule has 1 aromatic carbocycles. The molecule has 0 aliphatic rings. The number of halogens is 2. The van der Waals surface area contributed by atoms with Gasteiger partial charge in [0.1, 0.15) is 9.63 Å². The third kappa shape index (κ3) is 3.19. The van der Waals surface area contributed by atoms with Crippen molar-refractivity contribution in [1.29, 1.82) is 0 Å². The first-order valence-electron chi connectivity index (χ1n) is 4.15. The zero-order valence-electron chi connectivity index (χ0n) is 7.52. The molecule has 2 aromatic rings. The van der Waals surface area contributed by atoms with Gasteiger partial charge in [0, 0.05) is 9.92 Å². The van der Waals surface area contributed by atoms with Crippen molar-refractivity contribution >= 4 is 39.3 Å². The zero-order chi connectivity index (χ0) is 10.7. The Hall–Kier alpha value is -0.580. The Labute approximate surface area is 105 Å². The predicted molar refractivity (Wildman–Crippen MR) is 65.3 cm³/mol. The highest BCUT2D eigenvalue weighted by Crippen LogP contribution is 2.27. The molecule has 76 valence electrons. The van der Waals surface area contributed by atoms with Gasteiger partial charge < -0.3 is 0 Å². The normalized spacial score (nSPS) is 10.3. The van der Waals surface area contributed by atoms with E-state index in [-0.39, 0.29) is 0 Å². The minimum absolute atomic E-state index is 0.727. The van der Waals surface area contributed by atoms with Crippen molar-refractivity contribution in [3.8, 4) is 0 Å². The Morgan fingerprint density at radius 2 is 2.07 bits per heavy atom. The molecule has 0 radical (unpaired) electrons. The molecule has 2 nitrogen and oxygen atoms in total. The third-order valence-electron chi connectivity index (χ3n) is 1.62. The SMILES string of the molecule is Clc1cccc(Sc2cnc(Br)cn2)c1. The van der Waals surface area contributed by atoms with Crippen LogP contribution < -0.4 is 0 Å². The van der Waals surface area contributed by atoms with Gasteiger partial charge in [0.15, 0.2) is 0 Å². The lowest BCUT2D eigenvalue weighted by atomic mass is 10.4. The van der Waals surface area contributed by atoms with E-state index in [0.29, 0.717) is 0 Å². The average Bonchev–Trinajstić information content (AvgIpc) is 2.22. The summed E-state index contributed by atoms with van der Waals surface area (Å²) in [7, 11) is 0. The highest BCUT2D eigenvalue weighted by molar-refractivity contribution is 9.10. The lowest BCUT2D eigenvalue weighted by Gasteiger charge is -2.00. The number of benzene rings is 1. The van der Waals surface area contributed by atoms with Crippen LogP contribution in [-0.2, 0) is 0 Å². The van der Waals surface area contributed by atoms with Gasteiger partial charge in [-0.2, -0.15) is 0 Å². The van der Waals surface area contributed by atoms with Crippen LogP contribution in [0.2, 0.25) is 5.02 Å². The molecule has 0 bridgehead atoms. The first-order chi connectivity index (χ1) is 7.24. The second-order valence-corrected chi connectivity index (χ2v) is 5.08. The van der Waals surface area contributed by atoms with E-state index in [1.54, 1.807) is 12.4 Å². The van der Waals surface area contributed by atoms with Gasteiger partial charge in [-0.15, -0.1) is 0 Å². The molecule has 2 rings (SSSR count). The first-order valence-corrected chi connectivity index (χ1v) is 6.14. The lowest BCUT2D eigenvalue weighted by Crippen LogP contribution is -1.82. The van der Waals surface area contributed by atoms with Crippen molar-refractivity contribution in [2.75, 3.05) is 0 Å². The van der Waals surface area contributed by atoms with Crippen molar-refractivity contribution in [3.05, 3.63) is 46.3 Å². The van der Waals surface area contributed by atoms with Crippen LogP contribution >= 0.6 is 39.3 Å². The molecule has 1 aromatic heterocycles. The van der Waals surface area contributed by atoms with Crippen molar-refractivity contribution in [2.45, 2.75) is 9.92 Å². The quantitative estimate of drug-likeness (QED) is 0.837. The maximum Gasteiger partial charge on any atom is 0.124 e. The van der Waals surface area contributed by atoms with Crippen LogP contribution in [0.5, 0.6) is 0 Å². The van der Waals surface area contributed by atoms with E-state index in [2.05, 4.69) is 25.9 Å². The Balaban J connectivity index is 2.18. The minimum Gasteiger partial charge on any atom is -0.245 e. The van der Waals surface area contributed by atoms with E-state index in [1.165, 1.54) is 11.8 Å². The third-order valence-corrected chi connectivity index (χ3v) is 3.17. The minimum atomic E-state index is 0.727. The summed E-state index contributed by atoms with van der Waals surface area (Å²) in [6.07, 6.45) is 3.39. The molecule has 5 heteroatoms. The Kier molecular flexibility index (Phi) is 3.61. The second-order valence-electron chi connectivity index (χ2n) is 2.74. The lowest BCUT2D eigenvalue weighted by molar-refractivity contribution is 1.03. The van der Waals surface area contributed by atoms with Gasteiger partial charge in [0.05, 0.1) is 12.4 Å². The summed E-state index contributed by atoms with van der Waals surface area (Å²) in [6, 6.07) is 7.64. The molecule has 0 N–H and O–H groups in total. The Morgan fingerprint density at radius 1 is 1.20 bits per heavy atom. The van der Waals surface area contributed by atoms with Gasteiger partial charge in [-0.1, -0.05) is 29.4 Å². The summed E-state index contributed by atoms with van der Waals surface area (Å²) in [5, 5.41) is 1.57. The highest BCUT2D eigenvalue weighted by atomic mass is 79.9. The Bertz CT molecular complexity index is 461. The highest BCUT2D eigenvalue weighted by Gasteiger charge is 1.99. The van der Waals surface area contributed by atoms with Crippen LogP contribution in [0.1, 0.15) is 0 Å². The van der Waals surface area contributed by atoms with Crippen molar-refractivity contribution < 1.29 is 0 Å². The molecule has 15 heavy (non-hydrogen) atoms. The van der Waals surface area contributed by atoms with Crippen molar-refractivity contribution in [1.82, 2.24) is 9.97 Å². The monoisotopic (exact) mass is 300 g/mol. The van der Waals surface area contributed by atoms with Crippen LogP contribution in [0.4, 0.5) is 0 Å². The first kappa shape index (κ1) is 10.9. The molecular formula is C10H6BrClN2S. The molecule has 0 fully saturated rings. The summed E-state index contributed by atoms with van der Waals surface area (Å²) in [5.74, 6) is 0. The topological polar surface area (TPSA) is 25.8 Å². The number of aromatic nitrogens is 2. The Morgan fingerprint density at radius 3 is 2.73 bits per heavy atom. The second kappa shape index (κ2) is 4.96. The largest absolute Gasteiger partial charge is 0.245 e. The summed E-state index contributed by atoms with van der Waals surface area (Å²) >= 11 is 10.6. The molecule has 0 atom stereocenters. The molecule has 0 saturated heterocycles. The summed E-state index contributed by atoms with van der Waals surface area (Å²) in [4.78, 5) is 9.37. The molecule has 0 aliphatic carbocycles. The fourth-order valence-corrected chi connectivity index (χ4v) is 2.25. The summed E-state index contributed by atoms with van der Waals surface area (Å²) in [6.45, 7) is 0. The van der Waals surface area contributed by atoms with Crippen LogP contribution in [0.3, 0.4) is 0 Å². The zero-order valence-corrected chi connectivity index (χ0v) is 10.7. The van der Waals surface area contributed by atoms with E-state index in [1.807, 2.05) is 24.3 Å². The molecule has 0 saturated carbocycles. The molecule has 0 amide bonds. The fourth-order valence-electron chi connectivity index (χ4n) is 1.00. The van der Waals surface area contributed by atoms with E-state index in [4.69, 9.17) is 11.6 Å². The van der Waals surface area contributed by atoms with Gasteiger partial charge in [0.25, 0.3) is 0 Å². The van der Waals surface area contributed by atoms with Crippen LogP contribution in [0, 0.1) is 0 Å². The maximum atomic E-state index is 5.88. The predicted octanol–water partition coefficient (Wildman–Crippen LogP) is 4.04. The number of hydrogen-bond acceptors (Lipinski definition) is 3. The van der Waals surface area contributed by atoms with Gasteiger partial charge in [-0.3, -0.25) is 0 Å². The van der Waals surface area contributed by atoms with Gasteiger partial charge in [-0.25, -0.2) is 9.97 Å². The smallest absolute Gasteiger partial charge is 0.124 e. The van der Waals surface area contributed by atoms with E-state index in [9.17, 15) is 0 Å². The van der Waals surface area contributed by atoms with E-state index < -0.39 is 0 Å². The summed E-state index contributed by atoms with van der Waals surface area (Å²) < 4.78 is 0.734. The average molecular weight is 302 g/mol. The van der Waals surface area contributed by atoms with Crippen molar-refractivity contribution in [2.24, 2.45) is 0 Å². The molecule has 0 unspecified atom stereocenters. The van der Waals surface area contributed by atoms with Crippen molar-refractivity contribution in [3.63, 3.8) is 0 Å². The van der Waals surface area contributed by atoms with Crippen LogP contribution in [0.25, 0.3) is 0 Å². The van der Waals surface area contributed by atoms with Crippen LogP contribution in [-0.4, -0.2) is 9.97 Å². The number of hydrogen-bond donors (Lipinski definition) is 0. The molecular weight excluding hydrogens is 296 g/mol. The fraction of sp³-hybridized carbons (Fsp3) is 0. The number of rotatable bonds is 2. The maximum absolute atomic E-state index is 5.88. The number of nitrogens with zero attached hydrogens (tertiary/aromatic N) is 2. The van der Waals surface area contributed by atoms with Gasteiger partial charge in [-0.05, 0) is 34.1 Å². The van der Waals surface area contributed by atoms with Crippen LogP contribution in [0.15, 0.2) is 51.2 Å². The molecule has 0 aliphatic heterocycles. The standard InChI is InChI=1S/C10H6BrClN2S/c11-9-5-14-10(6-13-9)15-8-3-1-2-7(12)4-8/h1-6H. The van der Waals surface area contributed by atoms with E-state index >= 15 is 0 Å². The van der Waals surface area contributed by atoms with Gasteiger partial charge in [0.2, 0.25) is 0 Å². The van der Waals surface area contributed by atoms with E-state index in [0.717, 1.165) is 19.5 Å². The molecule has 1 heterocycles. The summed E-state index contributed by atoms with van der Waals surface area (Å²) in [5.41, 5.74) is 0.